The number of anilines is 1. The average Bonchev–Trinajstić information content (AvgIpc) is 1.77. The summed E-state index contributed by atoms with van der Waals surface area (Å²) in [5.41, 5.74) is 24.6. The molecule has 2 aromatic heterocycles. The Morgan fingerprint density at radius 3 is 1.18 bits per heavy atom. The monoisotopic (exact) mass is 1370 g/mol. The third-order valence-corrected chi connectivity index (χ3v) is 19.3. The zero-order valence-electron chi connectivity index (χ0n) is 60.2. The summed E-state index contributed by atoms with van der Waals surface area (Å²) in [5.74, 6) is 0.787. The Morgan fingerprint density at radius 1 is 0.356 bits per heavy atom. The maximum Gasteiger partial charge on any atom is 0.221 e. The van der Waals surface area contributed by atoms with Crippen molar-refractivity contribution in [1.29, 1.82) is 0 Å². The Labute approximate surface area is 601 Å². The predicted octanol–water partition coefficient (Wildman–Crippen LogP) is 14.8. The molecule has 13 nitrogen and oxygen atoms in total. The normalized spacial score (nSPS) is 12.8. The number of hydrogen-bond donors (Lipinski definition) is 6. The van der Waals surface area contributed by atoms with E-state index in [-0.39, 0.29) is 65.0 Å². The van der Waals surface area contributed by atoms with Gasteiger partial charge in [-0.2, -0.15) is 11.3 Å². The number of thiophene rings is 1. The molecule has 0 radical (unpaired) electrons. The van der Waals surface area contributed by atoms with Gasteiger partial charge in [0.2, 0.25) is 5.91 Å². The lowest BCUT2D eigenvalue weighted by Gasteiger charge is -2.21. The summed E-state index contributed by atoms with van der Waals surface area (Å²) in [5, 5.41) is 22.3. The number of Topliss-reactive ketones (excluding diaryl/α,β-unsaturated/α-hetero) is 5. The second-order valence-electron chi connectivity index (χ2n) is 25.9. The number of hydrogen-bond acceptors (Lipinski definition) is 13. The average molecular weight is 1370 g/mol. The van der Waals surface area contributed by atoms with Gasteiger partial charge in [0.15, 0.2) is 0 Å². The largest absolute Gasteiger partial charge is 0.326 e. The third kappa shape index (κ3) is 22.6. The van der Waals surface area contributed by atoms with Crippen LogP contribution in [-0.4, -0.2) is 105 Å². The first-order valence-electron chi connectivity index (χ1n) is 34.6. The molecule has 10 aromatic rings. The van der Waals surface area contributed by atoms with Crippen LogP contribution in [-0.2, 0) is 80.1 Å². The highest BCUT2D eigenvalue weighted by Gasteiger charge is 2.22. The third-order valence-electron chi connectivity index (χ3n) is 18.6. The highest BCUT2D eigenvalue weighted by atomic mass is 32.1. The smallest absolute Gasteiger partial charge is 0.221 e. The molecular formula is C87H97N7O6S. The molecule has 0 fully saturated rings. The zero-order chi connectivity index (χ0) is 72.4. The molecule has 0 unspecified atom stereocenters. The summed E-state index contributed by atoms with van der Waals surface area (Å²) < 4.78 is 0. The first kappa shape index (κ1) is 77.0. The van der Waals surface area contributed by atoms with Gasteiger partial charge in [0.1, 0.15) is 28.9 Å². The van der Waals surface area contributed by atoms with Crippen molar-refractivity contribution in [2.45, 2.75) is 123 Å². The van der Waals surface area contributed by atoms with Crippen molar-refractivity contribution in [3.05, 3.63) is 273 Å². The summed E-state index contributed by atoms with van der Waals surface area (Å²) in [7, 11) is 9.13. The lowest BCUT2D eigenvalue weighted by molar-refractivity contribution is -0.119. The van der Waals surface area contributed by atoms with Gasteiger partial charge in [0.05, 0.1) is 30.2 Å². The molecule has 522 valence electrons. The van der Waals surface area contributed by atoms with Gasteiger partial charge in [-0.25, -0.2) is 0 Å². The number of nitrogens with zero attached hydrogens (tertiary/aromatic N) is 1. The van der Waals surface area contributed by atoms with Crippen LogP contribution in [0.2, 0.25) is 0 Å². The number of amides is 1. The van der Waals surface area contributed by atoms with Crippen LogP contribution in [0.3, 0.4) is 0 Å². The molecule has 5 atom stereocenters. The predicted molar refractivity (Wildman–Crippen MR) is 416 cm³/mol. The van der Waals surface area contributed by atoms with Crippen molar-refractivity contribution in [3.63, 3.8) is 0 Å². The van der Waals surface area contributed by atoms with Gasteiger partial charge < -0.3 is 31.9 Å². The van der Waals surface area contributed by atoms with Crippen molar-refractivity contribution < 1.29 is 28.8 Å². The number of ketones is 5. The highest BCUT2D eigenvalue weighted by molar-refractivity contribution is 7.08. The Morgan fingerprint density at radius 2 is 0.743 bits per heavy atom. The molecule has 2 heterocycles. The van der Waals surface area contributed by atoms with Crippen LogP contribution >= 0.6 is 11.3 Å². The van der Waals surface area contributed by atoms with Crippen molar-refractivity contribution in [3.8, 4) is 55.6 Å². The number of rotatable bonds is 24. The van der Waals surface area contributed by atoms with E-state index in [2.05, 4.69) is 187 Å². The summed E-state index contributed by atoms with van der Waals surface area (Å²) in [6.07, 6.45) is 10.5. The van der Waals surface area contributed by atoms with Gasteiger partial charge in [-0.05, 0) is 262 Å². The maximum atomic E-state index is 11.6. The minimum atomic E-state index is -0.149. The quantitative estimate of drug-likeness (QED) is 0.0337. The number of fused-ring (bicyclic) bond motifs is 6. The van der Waals surface area contributed by atoms with Crippen molar-refractivity contribution in [1.82, 2.24) is 31.6 Å². The lowest BCUT2D eigenvalue weighted by atomic mass is 9.84. The van der Waals surface area contributed by atoms with E-state index in [1.165, 1.54) is 79.2 Å². The molecule has 14 heteroatoms. The summed E-state index contributed by atoms with van der Waals surface area (Å²) in [6, 6.07) is 68.6. The number of carbonyl (C=O) groups excluding carboxylic acids is 6. The molecule has 0 spiro atoms. The van der Waals surface area contributed by atoms with E-state index in [1.54, 1.807) is 59.2 Å². The molecule has 2 aliphatic rings. The van der Waals surface area contributed by atoms with Crippen LogP contribution in [0.5, 0.6) is 0 Å². The fourth-order valence-corrected chi connectivity index (χ4v) is 13.4. The number of aromatic nitrogens is 1. The topological polar surface area (TPSA) is 187 Å². The van der Waals surface area contributed by atoms with Gasteiger partial charge in [-0.3, -0.25) is 33.8 Å². The molecule has 12 rings (SSSR count). The van der Waals surface area contributed by atoms with Gasteiger partial charge >= 0.3 is 0 Å². The van der Waals surface area contributed by atoms with E-state index in [1.807, 2.05) is 95.1 Å². The van der Waals surface area contributed by atoms with E-state index in [0.717, 1.165) is 84.0 Å². The van der Waals surface area contributed by atoms with Crippen LogP contribution in [0.15, 0.2) is 223 Å². The first-order valence-corrected chi connectivity index (χ1v) is 35.6. The van der Waals surface area contributed by atoms with Crippen LogP contribution in [0.25, 0.3) is 55.6 Å². The van der Waals surface area contributed by atoms with Crippen molar-refractivity contribution >= 4 is 51.8 Å². The SMILES string of the molecule is CN[C@@H](Cc1ccc(-c2cccc(NC(C)=O)c2)cc1)C(C)=O.CN[C@@H](Cc1ccc(-c2cccnc2)cc1)C(C)=O.CN[C@@H](Cc1ccc(-c2ccsc2)cc1)C(C)=O.CN[C@@H](Cc1ccc2c(c1)CCc1ccccc1-2)C(C)=O.CN[C@@H](Cc1ccc2c(c1)Cc1ccccc1-2)C(C)=O. The van der Waals surface area contributed by atoms with Gasteiger partial charge in [0, 0.05) is 25.0 Å². The Bertz CT molecular complexity index is 4360. The fraction of sp³-hybridized carbons (Fsp3) is 0.276. The standard InChI is InChI=1S/C19H22N2O2.C19H21NO.C18H19NO.C16H18N2O.C15H17NOS/c1-13(22)19(20-3)11-15-7-9-16(10-8-15)17-5-4-6-18(12-17)21-14(2)23;1-13(21)19(20-2)12-14-7-10-18-16(11-14)9-8-15-5-3-4-6-17(15)18;1-12(20)18(19-2)10-13-7-8-17-15(9-13)11-14-5-3-4-6-16(14)17;1-12(19)16(17-2)10-13-5-7-14(8-6-13)15-4-3-9-18-11-15;1-11(17)15(16-2)9-12-3-5-13(6-4-12)14-7-8-18-10-14/h4-10,12,19-20H,11H2,1-3H3,(H,21,23);3-7,10-11,19-20H,8-9,12H2,1-2H3;3-9,18-19H,10-11H2,1-2H3;3-9,11,16-17H,10H2,1-2H3;3-8,10,15-16H,9H2,1-2H3/t2*19-;18-;16-;15-/m00000/s1. The molecule has 0 saturated heterocycles. The number of nitrogens with one attached hydrogen (secondary N) is 6. The molecular weight excluding hydrogens is 1270 g/mol. The van der Waals surface area contributed by atoms with E-state index < -0.39 is 0 Å². The fourth-order valence-electron chi connectivity index (χ4n) is 12.7. The molecule has 0 aliphatic heterocycles. The van der Waals surface area contributed by atoms with E-state index in [9.17, 15) is 28.8 Å². The molecule has 1 amide bonds. The summed E-state index contributed by atoms with van der Waals surface area (Å²) >= 11 is 1.70. The first-order chi connectivity index (χ1) is 48.8. The number of pyridine rings is 1. The second-order valence-corrected chi connectivity index (χ2v) is 26.6. The lowest BCUT2D eigenvalue weighted by Crippen LogP contribution is -2.34. The minimum Gasteiger partial charge on any atom is -0.326 e. The summed E-state index contributed by atoms with van der Waals surface area (Å²) in [4.78, 5) is 72.6. The molecule has 6 N–H and O–H groups in total. The maximum absolute atomic E-state index is 11.6. The van der Waals surface area contributed by atoms with E-state index in [4.69, 9.17) is 0 Å². The number of carbonyl (C=O) groups is 6. The van der Waals surface area contributed by atoms with Crippen molar-refractivity contribution in [2.24, 2.45) is 0 Å². The van der Waals surface area contributed by atoms with E-state index >= 15 is 0 Å². The Hall–Kier alpha value is -9.77. The van der Waals surface area contributed by atoms with Gasteiger partial charge in [-0.15, -0.1) is 0 Å². The minimum absolute atomic E-state index is 0.0835. The van der Waals surface area contributed by atoms with E-state index in [0.29, 0.717) is 6.42 Å². The number of likely N-dealkylation sites (N-methyl/N-ethyl adjacent to an activating group) is 5. The second kappa shape index (κ2) is 38.7. The number of benzene rings is 8. The Balaban J connectivity index is 0.000000161. The molecule has 101 heavy (non-hydrogen) atoms. The molecule has 8 aromatic carbocycles. The summed E-state index contributed by atoms with van der Waals surface area (Å²) in [6.45, 7) is 9.63. The van der Waals surface area contributed by atoms with Crippen LogP contribution in [0.1, 0.15) is 91.6 Å². The molecule has 0 bridgehead atoms. The van der Waals surface area contributed by atoms with Crippen LogP contribution < -0.4 is 31.9 Å². The molecule has 0 saturated carbocycles. The number of aryl methyl sites for hydroxylation is 2. The Kier molecular flexibility index (Phi) is 29.5. The van der Waals surface area contributed by atoms with Crippen molar-refractivity contribution in [2.75, 3.05) is 40.6 Å². The highest BCUT2D eigenvalue weighted by Crippen LogP contribution is 2.38. The molecule has 2 aliphatic carbocycles. The van der Waals surface area contributed by atoms with Gasteiger partial charge in [0.25, 0.3) is 0 Å². The zero-order valence-corrected chi connectivity index (χ0v) is 61.0. The van der Waals surface area contributed by atoms with Crippen LogP contribution in [0.4, 0.5) is 5.69 Å². The van der Waals surface area contributed by atoms with Crippen LogP contribution in [0, 0.1) is 0 Å². The van der Waals surface area contributed by atoms with Gasteiger partial charge in [-0.1, -0.05) is 176 Å².